The van der Waals surface area contributed by atoms with Crippen LogP contribution < -0.4 is 10.5 Å². The van der Waals surface area contributed by atoms with Crippen molar-refractivity contribution in [1.29, 1.82) is 0 Å². The number of pyridine rings is 2. The Hall–Kier alpha value is -3.74. The highest BCUT2D eigenvalue weighted by atomic mass is 31.2. The van der Waals surface area contributed by atoms with E-state index in [1.54, 1.807) is 6.20 Å². The smallest absolute Gasteiger partial charge is 0.394 e. The van der Waals surface area contributed by atoms with Crippen molar-refractivity contribution in [3.8, 4) is 5.75 Å². The molecule has 11 nitrogen and oxygen atoms in total. The normalized spacial score (nSPS) is 11.9. The molecule has 0 aliphatic carbocycles. The Morgan fingerprint density at radius 2 is 1.77 bits per heavy atom. The van der Waals surface area contributed by atoms with Crippen LogP contribution in [0.5, 0.6) is 5.75 Å². The largest absolute Gasteiger partial charge is 0.491 e. The molecular weight excluding hydrogens is 587 g/mol. The van der Waals surface area contributed by atoms with Gasteiger partial charge in [-0.3, -0.25) is 14.3 Å². The number of alkyl halides is 2. The first-order valence-corrected chi connectivity index (χ1v) is 14.9. The molecular formula is C29H34F2N3O8P. The van der Waals surface area contributed by atoms with Crippen LogP contribution in [0, 0.1) is 6.92 Å². The third kappa shape index (κ3) is 8.65. The number of carboxylic acid groups (broad SMARTS) is 1. The Kier molecular flexibility index (Phi) is 11.1. The molecule has 0 saturated heterocycles. The zero-order chi connectivity index (χ0) is 30.5. The molecule has 7 N–H and O–H groups in total. The number of carboxylic acids is 1. The molecule has 0 fully saturated rings. The van der Waals surface area contributed by atoms with Crippen LogP contribution in [0.4, 0.5) is 14.6 Å². The van der Waals surface area contributed by atoms with Gasteiger partial charge in [0.05, 0.1) is 18.7 Å². The summed E-state index contributed by atoms with van der Waals surface area (Å²) in [5.74, 6) is 0.0461. The predicted molar refractivity (Wildman–Crippen MR) is 158 cm³/mol. The second kappa shape index (κ2) is 14.2. The number of nitrogens with zero attached hydrogens (tertiary/aromatic N) is 2. The summed E-state index contributed by atoms with van der Waals surface area (Å²) >= 11 is 0. The standard InChI is InChI=1S/C29H32F2N3O7P.H2O/c1-18-14-22(41-13-12-40-11-10-29(30,31)42(37,38)39)7-6-21(18)5-2-20-15-24-23-8-3-19(4-9-26(35)36)16-25(23)34-28(32)27(24)33-17-20;/h3,6-8,14-17H,2,4-5,9-13H2,1H3,(H2,32,34)(H,35,36)(H2,37,38,39);1H2. The van der Waals surface area contributed by atoms with Gasteiger partial charge in [0.15, 0.2) is 5.82 Å². The molecule has 0 amide bonds. The molecule has 0 bridgehead atoms. The lowest BCUT2D eigenvalue weighted by Crippen LogP contribution is -2.20. The maximum atomic E-state index is 13.3. The van der Waals surface area contributed by atoms with E-state index in [4.69, 9.17) is 30.1 Å². The Morgan fingerprint density at radius 3 is 2.47 bits per heavy atom. The molecule has 0 spiro atoms. The van der Waals surface area contributed by atoms with Crippen LogP contribution in [0.1, 0.15) is 35.1 Å². The summed E-state index contributed by atoms with van der Waals surface area (Å²) in [6, 6.07) is 13.4. The van der Waals surface area contributed by atoms with Crippen molar-refractivity contribution in [2.45, 2.75) is 44.7 Å². The zero-order valence-electron chi connectivity index (χ0n) is 23.4. The molecule has 0 saturated carbocycles. The number of aromatic nitrogens is 2. The fraction of sp³-hybridized carbons (Fsp3) is 0.345. The molecule has 0 aliphatic rings. The van der Waals surface area contributed by atoms with Gasteiger partial charge in [0, 0.05) is 29.8 Å². The van der Waals surface area contributed by atoms with Crippen LogP contribution in [0.25, 0.3) is 21.8 Å². The first kappa shape index (κ1) is 33.8. The van der Waals surface area contributed by atoms with E-state index >= 15 is 0 Å². The van der Waals surface area contributed by atoms with Crippen LogP contribution >= 0.6 is 7.60 Å². The van der Waals surface area contributed by atoms with Crippen LogP contribution in [0.3, 0.4) is 0 Å². The minimum atomic E-state index is -5.51. The van der Waals surface area contributed by atoms with Gasteiger partial charge in [-0.2, -0.15) is 8.78 Å². The number of nitrogens with two attached hydrogens (primary N) is 1. The Labute approximate surface area is 246 Å². The average molecular weight is 622 g/mol. The van der Waals surface area contributed by atoms with E-state index in [0.717, 1.165) is 45.9 Å². The predicted octanol–water partition coefficient (Wildman–Crippen LogP) is 4.21. The fourth-order valence-corrected chi connectivity index (χ4v) is 4.90. The maximum absolute atomic E-state index is 13.3. The van der Waals surface area contributed by atoms with Crippen molar-refractivity contribution in [2.75, 3.05) is 25.6 Å². The van der Waals surface area contributed by atoms with E-state index < -0.39 is 32.3 Å². The van der Waals surface area contributed by atoms with Crippen molar-refractivity contribution in [2.24, 2.45) is 0 Å². The van der Waals surface area contributed by atoms with E-state index in [0.29, 0.717) is 29.0 Å². The lowest BCUT2D eigenvalue weighted by atomic mass is 9.99. The number of aryl methyl sites for hydroxylation is 4. The van der Waals surface area contributed by atoms with Gasteiger partial charge in [0.25, 0.3) is 0 Å². The van der Waals surface area contributed by atoms with Gasteiger partial charge in [0.1, 0.15) is 17.9 Å². The average Bonchev–Trinajstić information content (AvgIpc) is 2.92. The van der Waals surface area contributed by atoms with Gasteiger partial charge in [-0.25, -0.2) is 4.98 Å². The molecule has 2 aromatic carbocycles. The highest BCUT2D eigenvalue weighted by Crippen LogP contribution is 2.54. The Balaban J connectivity index is 0.00000506. The second-order valence-corrected chi connectivity index (χ2v) is 11.7. The van der Waals surface area contributed by atoms with Gasteiger partial charge in [0.2, 0.25) is 0 Å². The number of rotatable bonds is 14. The quantitative estimate of drug-likeness (QED) is 0.0899. The van der Waals surface area contributed by atoms with Gasteiger partial charge in [-0.1, -0.05) is 18.2 Å². The number of benzene rings is 2. The lowest BCUT2D eigenvalue weighted by Gasteiger charge is -2.17. The van der Waals surface area contributed by atoms with Crippen molar-refractivity contribution in [1.82, 2.24) is 9.97 Å². The molecule has 2 aromatic heterocycles. The number of carbonyl (C=O) groups is 1. The van der Waals surface area contributed by atoms with Crippen LogP contribution in [0.15, 0.2) is 48.7 Å². The zero-order valence-corrected chi connectivity index (χ0v) is 24.3. The van der Waals surface area contributed by atoms with E-state index in [9.17, 15) is 18.1 Å². The molecule has 43 heavy (non-hydrogen) atoms. The Bertz CT molecular complexity index is 1650. The molecule has 0 unspecified atom stereocenters. The summed E-state index contributed by atoms with van der Waals surface area (Å²) in [5, 5.41) is 10.8. The molecule has 0 atom stereocenters. The third-order valence-corrected chi connectivity index (χ3v) is 7.95. The molecule has 2 heterocycles. The van der Waals surface area contributed by atoms with E-state index in [-0.39, 0.29) is 25.1 Å². The van der Waals surface area contributed by atoms with Gasteiger partial charge >= 0.3 is 19.2 Å². The number of aliphatic carboxylic acids is 1. The van der Waals surface area contributed by atoms with Gasteiger partial charge < -0.3 is 35.6 Å². The SMILES string of the molecule is Cc1cc(OCCOCCC(F)(F)P(=O)(O)O)ccc1CCc1cnc2c(N)nc3cc(CCC(=O)O)ccc3c2c1.O. The number of hydrogen-bond donors (Lipinski definition) is 4. The number of hydrogen-bond acceptors (Lipinski definition) is 7. The fourth-order valence-electron chi connectivity index (χ4n) is 4.52. The molecule has 4 rings (SSSR count). The van der Waals surface area contributed by atoms with E-state index in [1.807, 2.05) is 43.3 Å². The second-order valence-electron chi connectivity index (χ2n) is 9.99. The monoisotopic (exact) mass is 621 g/mol. The lowest BCUT2D eigenvalue weighted by molar-refractivity contribution is -0.136. The Morgan fingerprint density at radius 1 is 1.00 bits per heavy atom. The van der Waals surface area contributed by atoms with Crippen molar-refractivity contribution < 1.29 is 48.0 Å². The minimum Gasteiger partial charge on any atom is -0.491 e. The highest BCUT2D eigenvalue weighted by Gasteiger charge is 2.48. The summed E-state index contributed by atoms with van der Waals surface area (Å²) in [4.78, 5) is 37.2. The minimum absolute atomic E-state index is 0. The van der Waals surface area contributed by atoms with Crippen LogP contribution in [-0.2, 0) is 33.4 Å². The number of halogens is 2. The first-order chi connectivity index (χ1) is 19.8. The highest BCUT2D eigenvalue weighted by molar-refractivity contribution is 7.53. The molecule has 4 aromatic rings. The van der Waals surface area contributed by atoms with E-state index in [1.165, 1.54) is 0 Å². The molecule has 232 valence electrons. The van der Waals surface area contributed by atoms with Crippen LogP contribution in [0.2, 0.25) is 0 Å². The summed E-state index contributed by atoms with van der Waals surface area (Å²) in [6.45, 7) is 1.54. The molecule has 0 aliphatic heterocycles. The van der Waals surface area contributed by atoms with Crippen LogP contribution in [-0.4, -0.2) is 61.8 Å². The maximum Gasteiger partial charge on any atom is 0.394 e. The number of fused-ring (bicyclic) bond motifs is 3. The van der Waals surface area contributed by atoms with E-state index in [2.05, 4.69) is 16.0 Å². The topological polar surface area (TPSA) is 197 Å². The van der Waals surface area contributed by atoms with Gasteiger partial charge in [-0.15, -0.1) is 0 Å². The van der Waals surface area contributed by atoms with Crippen molar-refractivity contribution >= 4 is 41.2 Å². The number of anilines is 1. The summed E-state index contributed by atoms with van der Waals surface area (Å²) in [7, 11) is -5.51. The number of ether oxygens (including phenoxy) is 2. The first-order valence-electron chi connectivity index (χ1n) is 13.3. The summed E-state index contributed by atoms with van der Waals surface area (Å²) < 4.78 is 47.9. The molecule has 0 radical (unpaired) electrons. The van der Waals surface area contributed by atoms with Crippen molar-refractivity contribution in [3.63, 3.8) is 0 Å². The summed E-state index contributed by atoms with van der Waals surface area (Å²) in [5.41, 5.74) is 7.39. The third-order valence-electron chi connectivity index (χ3n) is 6.87. The van der Waals surface area contributed by atoms with Crippen molar-refractivity contribution in [3.05, 3.63) is 70.9 Å². The molecule has 14 heteroatoms. The summed E-state index contributed by atoms with van der Waals surface area (Å²) in [6.07, 6.45) is 2.62. The van der Waals surface area contributed by atoms with Gasteiger partial charge in [-0.05, 0) is 72.7 Å². The number of nitrogen functional groups attached to an aromatic ring is 1.